The monoisotopic (exact) mass is 438 g/mol. The number of aromatic nitrogens is 6. The highest BCUT2D eigenvalue weighted by atomic mass is 79.9. The van der Waals surface area contributed by atoms with Crippen molar-refractivity contribution < 1.29 is 4.42 Å². The van der Waals surface area contributed by atoms with Crippen molar-refractivity contribution in [2.45, 2.75) is 10.9 Å². The molecule has 5 rings (SSSR count). The lowest BCUT2D eigenvalue weighted by molar-refractivity contribution is 0.528. The van der Waals surface area contributed by atoms with E-state index in [4.69, 9.17) is 4.42 Å². The van der Waals surface area contributed by atoms with Gasteiger partial charge in [0.05, 0.1) is 5.75 Å². The number of halogens is 1. The first-order chi connectivity index (χ1) is 13.3. The molecule has 0 aliphatic carbocycles. The third-order valence-electron chi connectivity index (χ3n) is 3.97. The van der Waals surface area contributed by atoms with Crippen molar-refractivity contribution in [3.05, 3.63) is 58.9 Å². The predicted molar refractivity (Wildman–Crippen MR) is 106 cm³/mol. The highest BCUT2D eigenvalue weighted by molar-refractivity contribution is 9.10. The van der Waals surface area contributed by atoms with E-state index in [1.165, 1.54) is 11.8 Å². The Kier molecular flexibility index (Phi) is 4.10. The summed E-state index contributed by atoms with van der Waals surface area (Å²) in [6.07, 6.45) is 0. The van der Waals surface area contributed by atoms with E-state index in [-0.39, 0.29) is 0 Å². The molecule has 1 N–H and O–H groups in total. The van der Waals surface area contributed by atoms with Crippen LogP contribution in [0.5, 0.6) is 0 Å². The summed E-state index contributed by atoms with van der Waals surface area (Å²) in [5.74, 6) is 1.49. The molecular weight excluding hydrogens is 428 g/mol. The van der Waals surface area contributed by atoms with E-state index in [9.17, 15) is 0 Å². The third-order valence-corrected chi connectivity index (χ3v) is 5.29. The number of hydrogen-bond donors (Lipinski definition) is 1. The van der Waals surface area contributed by atoms with Crippen LogP contribution in [0.3, 0.4) is 0 Å². The molecule has 0 radical (unpaired) electrons. The zero-order valence-electron chi connectivity index (χ0n) is 13.8. The Morgan fingerprint density at radius 1 is 1.00 bits per heavy atom. The Hall–Kier alpha value is -2.78. The quantitative estimate of drug-likeness (QED) is 0.409. The van der Waals surface area contributed by atoms with Crippen molar-refractivity contribution in [2.75, 3.05) is 0 Å². The van der Waals surface area contributed by atoms with Crippen molar-refractivity contribution in [1.82, 2.24) is 30.4 Å². The molecule has 5 aromatic rings. The van der Waals surface area contributed by atoms with E-state index < -0.39 is 0 Å². The fourth-order valence-electron chi connectivity index (χ4n) is 2.73. The molecule has 0 unspecified atom stereocenters. The van der Waals surface area contributed by atoms with Crippen LogP contribution in [-0.2, 0) is 5.75 Å². The topological polar surface area (TPSA) is 93.4 Å². The van der Waals surface area contributed by atoms with Crippen LogP contribution >= 0.6 is 27.7 Å². The molecule has 27 heavy (non-hydrogen) atoms. The minimum Gasteiger partial charge on any atom is -0.420 e. The molecule has 132 valence electrons. The van der Waals surface area contributed by atoms with Gasteiger partial charge >= 0.3 is 0 Å². The molecule has 0 aliphatic rings. The smallest absolute Gasteiger partial charge is 0.247 e. The number of nitrogens with one attached hydrogen (secondary N) is 1. The summed E-state index contributed by atoms with van der Waals surface area (Å²) < 4.78 is 6.70. The summed E-state index contributed by atoms with van der Waals surface area (Å²) in [7, 11) is 0. The Labute approximate surface area is 165 Å². The Bertz CT molecular complexity index is 1250. The molecule has 0 bridgehead atoms. The van der Waals surface area contributed by atoms with Crippen molar-refractivity contribution in [3.63, 3.8) is 0 Å². The van der Waals surface area contributed by atoms with E-state index in [1.807, 2.05) is 48.5 Å². The molecule has 3 heterocycles. The zero-order chi connectivity index (χ0) is 18.2. The third kappa shape index (κ3) is 3.19. The number of nitrogens with zero attached hydrogens (tertiary/aromatic N) is 5. The number of fused-ring (bicyclic) bond motifs is 3. The summed E-state index contributed by atoms with van der Waals surface area (Å²) in [5.41, 5.74) is 3.32. The van der Waals surface area contributed by atoms with Crippen LogP contribution in [-0.4, -0.2) is 30.4 Å². The van der Waals surface area contributed by atoms with Crippen LogP contribution < -0.4 is 0 Å². The lowest BCUT2D eigenvalue weighted by Gasteiger charge is -1.96. The first-order valence-electron chi connectivity index (χ1n) is 8.08. The zero-order valence-corrected chi connectivity index (χ0v) is 16.2. The fourth-order valence-corrected chi connectivity index (χ4v) is 3.71. The van der Waals surface area contributed by atoms with Gasteiger partial charge in [-0.1, -0.05) is 45.9 Å². The predicted octanol–water partition coefficient (Wildman–Crippen LogP) is 4.61. The summed E-state index contributed by atoms with van der Waals surface area (Å²) in [6, 6.07) is 15.6. The second-order valence-corrected chi connectivity index (χ2v) is 7.62. The molecule has 0 amide bonds. The molecule has 2 aromatic carbocycles. The van der Waals surface area contributed by atoms with E-state index in [0.29, 0.717) is 28.3 Å². The molecule has 0 aliphatic heterocycles. The van der Waals surface area contributed by atoms with Crippen LogP contribution in [0.1, 0.15) is 5.89 Å². The number of benzene rings is 2. The SMILES string of the molecule is Brc1ccc2[nH]c3nc(SCc4nnc(-c5ccccc5)o4)nnc3c2c1. The van der Waals surface area contributed by atoms with Crippen molar-refractivity contribution in [2.24, 2.45) is 0 Å². The number of hydrogen-bond acceptors (Lipinski definition) is 7. The lowest BCUT2D eigenvalue weighted by Crippen LogP contribution is -1.92. The minimum absolute atomic E-state index is 0.471. The van der Waals surface area contributed by atoms with Crippen LogP contribution in [0, 0.1) is 0 Å². The van der Waals surface area contributed by atoms with Gasteiger partial charge in [-0.25, -0.2) is 4.98 Å². The van der Waals surface area contributed by atoms with Gasteiger partial charge in [-0.15, -0.1) is 20.4 Å². The van der Waals surface area contributed by atoms with Crippen LogP contribution in [0.25, 0.3) is 33.5 Å². The minimum atomic E-state index is 0.471. The van der Waals surface area contributed by atoms with E-state index in [2.05, 4.69) is 46.3 Å². The van der Waals surface area contributed by atoms with Gasteiger partial charge in [0, 0.05) is 20.9 Å². The van der Waals surface area contributed by atoms with Gasteiger partial charge in [-0.2, -0.15) is 0 Å². The Morgan fingerprint density at radius 2 is 1.89 bits per heavy atom. The largest absolute Gasteiger partial charge is 0.420 e. The first kappa shape index (κ1) is 16.4. The average Bonchev–Trinajstić information content (AvgIpc) is 3.31. The van der Waals surface area contributed by atoms with E-state index in [1.54, 1.807) is 0 Å². The highest BCUT2D eigenvalue weighted by Crippen LogP contribution is 2.27. The second-order valence-electron chi connectivity index (χ2n) is 5.76. The van der Waals surface area contributed by atoms with Gasteiger partial charge in [0.25, 0.3) is 0 Å². The number of H-pyrrole nitrogens is 1. The molecule has 0 saturated carbocycles. The lowest BCUT2D eigenvalue weighted by atomic mass is 10.2. The molecule has 0 fully saturated rings. The Balaban J connectivity index is 1.37. The Morgan fingerprint density at radius 3 is 2.78 bits per heavy atom. The van der Waals surface area contributed by atoms with Crippen LogP contribution in [0.4, 0.5) is 0 Å². The highest BCUT2D eigenvalue weighted by Gasteiger charge is 2.12. The fraction of sp³-hybridized carbons (Fsp3) is 0.0556. The van der Waals surface area contributed by atoms with E-state index >= 15 is 0 Å². The van der Waals surface area contributed by atoms with Gasteiger partial charge in [-0.3, -0.25) is 0 Å². The van der Waals surface area contributed by atoms with Crippen LogP contribution in [0.2, 0.25) is 0 Å². The summed E-state index contributed by atoms with van der Waals surface area (Å²) in [5, 5.41) is 18.3. The summed E-state index contributed by atoms with van der Waals surface area (Å²) in [4.78, 5) is 7.82. The number of thioether (sulfide) groups is 1. The molecule has 3 aromatic heterocycles. The van der Waals surface area contributed by atoms with Gasteiger partial charge in [0.1, 0.15) is 5.52 Å². The molecule has 7 nitrogen and oxygen atoms in total. The molecule has 0 saturated heterocycles. The summed E-state index contributed by atoms with van der Waals surface area (Å²) >= 11 is 4.88. The van der Waals surface area contributed by atoms with Crippen molar-refractivity contribution in [1.29, 1.82) is 0 Å². The van der Waals surface area contributed by atoms with Gasteiger partial charge in [0.15, 0.2) is 5.65 Å². The van der Waals surface area contributed by atoms with Crippen molar-refractivity contribution in [3.8, 4) is 11.5 Å². The van der Waals surface area contributed by atoms with E-state index in [0.717, 1.165) is 26.5 Å². The number of rotatable bonds is 4. The van der Waals surface area contributed by atoms with Gasteiger partial charge < -0.3 is 9.40 Å². The maximum absolute atomic E-state index is 5.71. The standard InChI is InChI=1S/C18H11BrN6OS/c19-11-6-7-13-12(8-11)15-16(20-13)21-18(25-23-15)27-9-14-22-24-17(26-14)10-4-2-1-3-5-10/h1-8H,9H2,(H,20,21,25). The average molecular weight is 439 g/mol. The molecule has 9 heteroatoms. The van der Waals surface area contributed by atoms with Gasteiger partial charge in [0.2, 0.25) is 16.9 Å². The second kappa shape index (κ2) is 6.75. The molecular formula is C18H11BrN6OS. The maximum atomic E-state index is 5.71. The summed E-state index contributed by atoms with van der Waals surface area (Å²) in [6.45, 7) is 0. The first-order valence-corrected chi connectivity index (χ1v) is 9.86. The number of aromatic amines is 1. The van der Waals surface area contributed by atoms with Gasteiger partial charge in [-0.05, 0) is 30.3 Å². The normalized spacial score (nSPS) is 11.4. The molecule has 0 spiro atoms. The van der Waals surface area contributed by atoms with Crippen LogP contribution in [0.15, 0.2) is 62.6 Å². The maximum Gasteiger partial charge on any atom is 0.247 e. The molecule has 0 atom stereocenters. The van der Waals surface area contributed by atoms with Crippen molar-refractivity contribution >= 4 is 49.8 Å².